The minimum absolute atomic E-state index is 0.0192. The molecular formula is C22H20ClFN4O4. The van der Waals surface area contributed by atoms with Crippen LogP contribution in [0.15, 0.2) is 36.7 Å². The number of anilines is 3. The number of aromatic nitrogens is 2. The first-order valence-electron chi connectivity index (χ1n) is 10.2. The molecule has 2 atom stereocenters. The molecule has 8 nitrogen and oxygen atoms in total. The van der Waals surface area contributed by atoms with E-state index in [0.29, 0.717) is 53.5 Å². The first kappa shape index (κ1) is 20.9. The maximum absolute atomic E-state index is 13.5. The van der Waals surface area contributed by atoms with Crippen LogP contribution >= 0.6 is 11.6 Å². The number of nitrogens with one attached hydrogen (secondary N) is 1. The van der Waals surface area contributed by atoms with Gasteiger partial charge in [-0.1, -0.05) is 11.6 Å². The van der Waals surface area contributed by atoms with Crippen LogP contribution in [-0.4, -0.2) is 46.5 Å². The van der Waals surface area contributed by atoms with E-state index in [9.17, 15) is 14.3 Å². The smallest absolute Gasteiger partial charge is 0.229 e. The zero-order chi connectivity index (χ0) is 22.2. The fourth-order valence-corrected chi connectivity index (χ4v) is 4.09. The van der Waals surface area contributed by atoms with Crippen molar-refractivity contribution in [2.24, 2.45) is 0 Å². The fourth-order valence-electron chi connectivity index (χ4n) is 3.91. The zero-order valence-electron chi connectivity index (χ0n) is 16.9. The highest BCUT2D eigenvalue weighted by Crippen LogP contribution is 2.39. The first-order chi connectivity index (χ1) is 15.5. The largest absolute Gasteiger partial charge is 0.486 e. The molecule has 5 rings (SSSR count). The van der Waals surface area contributed by atoms with Gasteiger partial charge in [0, 0.05) is 36.4 Å². The normalized spacial score (nSPS) is 20.8. The summed E-state index contributed by atoms with van der Waals surface area (Å²) in [7, 11) is 0. The molecule has 0 saturated carbocycles. The Balaban J connectivity index is 1.60. The highest BCUT2D eigenvalue weighted by atomic mass is 35.5. The molecule has 1 amide bonds. The number of fused-ring (bicyclic) bond motifs is 1. The van der Waals surface area contributed by atoms with Gasteiger partial charge in [0.2, 0.25) is 5.91 Å². The summed E-state index contributed by atoms with van der Waals surface area (Å²) in [6.07, 6.45) is 1.62. The van der Waals surface area contributed by atoms with E-state index < -0.39 is 12.0 Å². The third-order valence-electron chi connectivity index (χ3n) is 5.52. The summed E-state index contributed by atoms with van der Waals surface area (Å²) in [5.74, 6) is 0.167. The van der Waals surface area contributed by atoms with Crippen LogP contribution in [-0.2, 0) is 9.53 Å². The number of rotatable bonds is 5. The van der Waals surface area contributed by atoms with Crippen molar-refractivity contribution in [3.63, 3.8) is 0 Å². The Morgan fingerprint density at radius 2 is 2.12 bits per heavy atom. The highest BCUT2D eigenvalue weighted by molar-refractivity contribution is 6.31. The van der Waals surface area contributed by atoms with E-state index in [-0.39, 0.29) is 23.5 Å². The van der Waals surface area contributed by atoms with Crippen LogP contribution in [0.3, 0.4) is 0 Å². The van der Waals surface area contributed by atoms with Crippen LogP contribution in [0.1, 0.15) is 19.3 Å². The van der Waals surface area contributed by atoms with E-state index in [1.165, 1.54) is 23.4 Å². The molecule has 2 aliphatic heterocycles. The maximum Gasteiger partial charge on any atom is 0.229 e. The van der Waals surface area contributed by atoms with Crippen molar-refractivity contribution >= 4 is 45.6 Å². The molecule has 3 heterocycles. The second-order valence-electron chi connectivity index (χ2n) is 7.70. The second kappa shape index (κ2) is 8.50. The average Bonchev–Trinajstić information content (AvgIpc) is 3.40. The predicted octanol–water partition coefficient (Wildman–Crippen LogP) is 3.78. The number of benzene rings is 2. The Kier molecular flexibility index (Phi) is 5.54. The van der Waals surface area contributed by atoms with E-state index >= 15 is 0 Å². The van der Waals surface area contributed by atoms with Gasteiger partial charge in [-0.05, 0) is 24.3 Å². The van der Waals surface area contributed by atoms with E-state index in [4.69, 9.17) is 21.1 Å². The van der Waals surface area contributed by atoms with Crippen molar-refractivity contribution < 1.29 is 23.8 Å². The van der Waals surface area contributed by atoms with E-state index in [1.807, 2.05) is 0 Å². The molecule has 2 N–H and O–H groups in total. The summed E-state index contributed by atoms with van der Waals surface area (Å²) in [5, 5.41) is 14.2. The first-order valence-corrected chi connectivity index (χ1v) is 10.6. The van der Waals surface area contributed by atoms with Gasteiger partial charge >= 0.3 is 0 Å². The van der Waals surface area contributed by atoms with Crippen LogP contribution in [0, 0.1) is 5.82 Å². The third-order valence-corrected chi connectivity index (χ3v) is 5.81. The monoisotopic (exact) mass is 458 g/mol. The number of aliphatic hydroxyl groups excluding tert-OH is 1. The van der Waals surface area contributed by atoms with E-state index in [2.05, 4.69) is 15.3 Å². The Hall–Kier alpha value is -3.01. The molecule has 1 aromatic heterocycles. The van der Waals surface area contributed by atoms with E-state index in [0.717, 1.165) is 6.42 Å². The van der Waals surface area contributed by atoms with Gasteiger partial charge in [-0.3, -0.25) is 9.69 Å². The predicted molar refractivity (Wildman–Crippen MR) is 117 cm³/mol. The number of halogens is 2. The van der Waals surface area contributed by atoms with Gasteiger partial charge in [0.15, 0.2) is 0 Å². The Morgan fingerprint density at radius 1 is 1.25 bits per heavy atom. The lowest BCUT2D eigenvalue weighted by molar-refractivity contribution is -0.117. The summed E-state index contributed by atoms with van der Waals surface area (Å²) in [6.45, 7) is 1.06. The molecule has 2 aromatic carbocycles. The number of nitrogens with zero attached hydrogens (tertiary/aromatic N) is 3. The third kappa shape index (κ3) is 3.94. The molecule has 10 heteroatoms. The second-order valence-corrected chi connectivity index (χ2v) is 8.11. The van der Waals surface area contributed by atoms with Gasteiger partial charge in [-0.25, -0.2) is 14.4 Å². The lowest BCUT2D eigenvalue weighted by atomic mass is 10.1. The van der Waals surface area contributed by atoms with Crippen molar-refractivity contribution in [2.75, 3.05) is 23.4 Å². The topological polar surface area (TPSA) is 96.8 Å². The number of hydrogen-bond donors (Lipinski definition) is 2. The SMILES string of the molecule is O=C1CCC(O)N1c1cc2c(Nc3ccc(F)c(Cl)c3)ncnc2cc1O[C@@H]1CCOC1. The molecule has 2 aliphatic rings. The summed E-state index contributed by atoms with van der Waals surface area (Å²) in [5.41, 5.74) is 1.56. The van der Waals surface area contributed by atoms with Gasteiger partial charge in [0.05, 0.1) is 29.4 Å². The number of aliphatic hydroxyl groups is 1. The molecule has 0 bridgehead atoms. The number of carbonyl (C=O) groups excluding carboxylic acids is 1. The molecule has 1 unspecified atom stereocenters. The molecule has 32 heavy (non-hydrogen) atoms. The number of carbonyl (C=O) groups is 1. The fraction of sp³-hybridized carbons (Fsp3) is 0.318. The molecule has 0 spiro atoms. The van der Waals surface area contributed by atoms with Gasteiger partial charge in [0.25, 0.3) is 0 Å². The van der Waals surface area contributed by atoms with Crippen LogP contribution in [0.2, 0.25) is 5.02 Å². The summed E-state index contributed by atoms with van der Waals surface area (Å²) >= 11 is 5.90. The van der Waals surface area contributed by atoms with Gasteiger partial charge in [-0.2, -0.15) is 0 Å². The summed E-state index contributed by atoms with van der Waals surface area (Å²) in [4.78, 5) is 22.5. The maximum atomic E-state index is 13.5. The van der Waals surface area contributed by atoms with Crippen molar-refractivity contribution in [3.05, 3.63) is 47.5 Å². The minimum Gasteiger partial charge on any atom is -0.486 e. The van der Waals surface area contributed by atoms with Crippen molar-refractivity contribution in [1.29, 1.82) is 0 Å². The lowest BCUT2D eigenvalue weighted by Gasteiger charge is -2.25. The minimum atomic E-state index is -0.945. The average molecular weight is 459 g/mol. The zero-order valence-corrected chi connectivity index (χ0v) is 17.7. The van der Waals surface area contributed by atoms with Crippen LogP contribution < -0.4 is 15.0 Å². The van der Waals surface area contributed by atoms with Crippen molar-refractivity contribution in [2.45, 2.75) is 31.6 Å². The van der Waals surface area contributed by atoms with Crippen molar-refractivity contribution in [1.82, 2.24) is 9.97 Å². The van der Waals surface area contributed by atoms with Crippen LogP contribution in [0.25, 0.3) is 10.9 Å². The molecule has 0 aliphatic carbocycles. The van der Waals surface area contributed by atoms with Crippen LogP contribution in [0.4, 0.5) is 21.6 Å². The molecular weight excluding hydrogens is 439 g/mol. The van der Waals surface area contributed by atoms with Gasteiger partial charge in [0.1, 0.15) is 36.0 Å². The quantitative estimate of drug-likeness (QED) is 0.600. The van der Waals surface area contributed by atoms with Gasteiger partial charge < -0.3 is 19.9 Å². The molecule has 2 fully saturated rings. The number of hydrogen-bond acceptors (Lipinski definition) is 7. The molecule has 0 radical (unpaired) electrons. The molecule has 3 aromatic rings. The van der Waals surface area contributed by atoms with E-state index in [1.54, 1.807) is 18.2 Å². The lowest BCUT2D eigenvalue weighted by Crippen LogP contribution is -2.33. The Morgan fingerprint density at radius 3 is 2.84 bits per heavy atom. The number of ether oxygens (including phenoxy) is 2. The summed E-state index contributed by atoms with van der Waals surface area (Å²) in [6, 6.07) is 7.71. The van der Waals surface area contributed by atoms with Crippen LogP contribution in [0.5, 0.6) is 5.75 Å². The summed E-state index contributed by atoms with van der Waals surface area (Å²) < 4.78 is 25.1. The van der Waals surface area contributed by atoms with Crippen molar-refractivity contribution in [3.8, 4) is 5.75 Å². The standard InChI is InChI=1S/C22H20ClFN4O4/c23-15-7-12(1-2-16(15)24)27-22-14-8-18(28-20(29)3-4-21(28)30)19(9-17(14)25-11-26-22)32-13-5-6-31-10-13/h1-2,7-9,11,13,20,29H,3-6,10H2,(H,25,26,27)/t13-,20?/m1/s1. The highest BCUT2D eigenvalue weighted by Gasteiger charge is 2.34. The van der Waals surface area contributed by atoms with Gasteiger partial charge in [-0.15, -0.1) is 0 Å². The molecule has 2 saturated heterocycles. The molecule has 166 valence electrons. The Bertz CT molecular complexity index is 1190. The number of amides is 1. The Labute approximate surface area is 187 Å².